The number of nitrogens with zero attached hydrogens (tertiary/aromatic N) is 6. The highest BCUT2D eigenvalue weighted by molar-refractivity contribution is 5.57. The number of rotatable bonds is 43. The SMILES string of the molecule is CCCCCCCCNc1nc(NCCCCCCCC)nc(Nc2ccc(CCCCCOc3ccc(Nc4nc(NCCCCCCCC)nc(NCCCCCCCC)n4)cc3)cc2)n1. The van der Waals surface area contributed by atoms with Crippen molar-refractivity contribution in [2.24, 2.45) is 0 Å². The van der Waals surface area contributed by atoms with Crippen molar-refractivity contribution >= 4 is 47.1 Å². The molecule has 0 unspecified atom stereocenters. The zero-order valence-corrected chi connectivity index (χ0v) is 43.0. The fourth-order valence-corrected chi connectivity index (χ4v) is 8.05. The number of aromatic nitrogens is 6. The number of hydrogen-bond acceptors (Lipinski definition) is 13. The summed E-state index contributed by atoms with van der Waals surface area (Å²) in [6.45, 7) is 13.1. The first-order valence-electron chi connectivity index (χ1n) is 27.4. The molecule has 13 nitrogen and oxygen atoms in total. The van der Waals surface area contributed by atoms with Crippen molar-refractivity contribution in [2.45, 2.75) is 207 Å². The number of hydrogen-bond donors (Lipinski definition) is 6. The smallest absolute Gasteiger partial charge is 0.233 e. The maximum absolute atomic E-state index is 6.13. The van der Waals surface area contributed by atoms with Crippen LogP contribution in [0.2, 0.25) is 0 Å². The zero-order valence-electron chi connectivity index (χ0n) is 43.0. The van der Waals surface area contributed by atoms with Gasteiger partial charge >= 0.3 is 0 Å². The van der Waals surface area contributed by atoms with Crippen LogP contribution in [-0.2, 0) is 6.42 Å². The lowest BCUT2D eigenvalue weighted by atomic mass is 10.1. The van der Waals surface area contributed by atoms with Crippen LogP contribution in [0.1, 0.15) is 207 Å². The zero-order chi connectivity index (χ0) is 48.0. The third-order valence-electron chi connectivity index (χ3n) is 12.2. The van der Waals surface area contributed by atoms with E-state index in [9.17, 15) is 0 Å². The molecule has 68 heavy (non-hydrogen) atoms. The van der Waals surface area contributed by atoms with Gasteiger partial charge in [0.1, 0.15) is 5.75 Å². The van der Waals surface area contributed by atoms with Gasteiger partial charge in [-0.1, -0.05) is 168 Å². The Bertz CT molecular complexity index is 1620. The molecule has 4 aromatic rings. The van der Waals surface area contributed by atoms with Crippen molar-refractivity contribution in [1.29, 1.82) is 0 Å². The van der Waals surface area contributed by atoms with Gasteiger partial charge in [-0.2, -0.15) is 29.9 Å². The molecule has 0 aliphatic carbocycles. The summed E-state index contributed by atoms with van der Waals surface area (Å²) >= 11 is 0. The first-order chi connectivity index (χ1) is 33.6. The molecular weight excluding hydrogens is 845 g/mol. The van der Waals surface area contributed by atoms with Gasteiger partial charge in [-0.3, -0.25) is 0 Å². The summed E-state index contributed by atoms with van der Waals surface area (Å²) < 4.78 is 6.13. The molecule has 2 heterocycles. The predicted molar refractivity (Wildman–Crippen MR) is 290 cm³/mol. The maximum Gasteiger partial charge on any atom is 0.233 e. The Morgan fingerprint density at radius 3 is 1.00 bits per heavy atom. The van der Waals surface area contributed by atoms with Gasteiger partial charge in [0.2, 0.25) is 35.7 Å². The van der Waals surface area contributed by atoms with E-state index >= 15 is 0 Å². The minimum absolute atomic E-state index is 0.527. The molecule has 0 aliphatic rings. The molecule has 0 atom stereocenters. The summed E-state index contributed by atoms with van der Waals surface area (Å²) in [7, 11) is 0. The average molecular weight is 937 g/mol. The van der Waals surface area contributed by atoms with Crippen LogP contribution in [0.25, 0.3) is 0 Å². The molecule has 2 aromatic heterocycles. The summed E-state index contributed by atoms with van der Waals surface area (Å²) in [4.78, 5) is 28.3. The van der Waals surface area contributed by atoms with E-state index in [0.29, 0.717) is 42.3 Å². The molecule has 0 bridgehead atoms. The van der Waals surface area contributed by atoms with Gasteiger partial charge in [0, 0.05) is 37.6 Å². The molecule has 0 aliphatic heterocycles. The molecule has 0 radical (unpaired) electrons. The monoisotopic (exact) mass is 937 g/mol. The van der Waals surface area contributed by atoms with Gasteiger partial charge in [-0.05, 0) is 93.3 Å². The van der Waals surface area contributed by atoms with E-state index in [1.54, 1.807) is 0 Å². The standard InChI is InChI=1S/C55H92N12O/c1-5-9-13-17-21-27-41-56-50-62-51(57-42-28-22-18-14-10-6-2)65-54(64-50)60-47-35-33-46(34-36-47)32-26-25-31-45-68-49-39-37-48(38-40-49)61-55-66-52(58-43-29-23-19-15-11-7-3)63-53(67-55)59-44-30-24-20-16-12-8-4/h33-40H,5-32,41-45H2,1-4H3,(H3,56,57,60,62,64,65)(H3,58,59,61,63,66,67). The van der Waals surface area contributed by atoms with Crippen LogP contribution in [0.5, 0.6) is 5.75 Å². The Balaban J connectivity index is 1.18. The Morgan fingerprint density at radius 1 is 0.324 bits per heavy atom. The van der Waals surface area contributed by atoms with E-state index in [0.717, 1.165) is 94.7 Å². The first-order valence-corrected chi connectivity index (χ1v) is 27.4. The molecule has 6 N–H and O–H groups in total. The Kier molecular flexibility index (Phi) is 30.3. The van der Waals surface area contributed by atoms with Crippen LogP contribution < -0.4 is 36.6 Å². The van der Waals surface area contributed by atoms with E-state index in [4.69, 9.17) is 34.6 Å². The normalized spacial score (nSPS) is 11.1. The van der Waals surface area contributed by atoms with Gasteiger partial charge in [0.05, 0.1) is 6.61 Å². The van der Waals surface area contributed by atoms with E-state index in [1.807, 2.05) is 24.3 Å². The van der Waals surface area contributed by atoms with Crippen LogP contribution in [-0.4, -0.2) is 62.7 Å². The Labute approximate surface area is 412 Å². The highest BCUT2D eigenvalue weighted by Crippen LogP contribution is 2.22. The second-order valence-corrected chi connectivity index (χ2v) is 18.5. The molecular formula is C55H92N12O. The molecule has 4 rings (SSSR count). The van der Waals surface area contributed by atoms with Gasteiger partial charge < -0.3 is 36.6 Å². The summed E-state index contributed by atoms with van der Waals surface area (Å²) in [5.74, 6) is 4.38. The fourth-order valence-electron chi connectivity index (χ4n) is 8.05. The van der Waals surface area contributed by atoms with Crippen molar-refractivity contribution in [2.75, 3.05) is 64.7 Å². The quantitative estimate of drug-likeness (QED) is 0.0233. The number of unbranched alkanes of at least 4 members (excludes halogenated alkanes) is 22. The van der Waals surface area contributed by atoms with Gasteiger partial charge in [0.25, 0.3) is 0 Å². The third kappa shape index (κ3) is 26.0. The number of aryl methyl sites for hydroxylation is 1. The Morgan fingerprint density at radius 2 is 0.632 bits per heavy atom. The maximum atomic E-state index is 6.13. The van der Waals surface area contributed by atoms with Crippen LogP contribution >= 0.6 is 0 Å². The van der Waals surface area contributed by atoms with Crippen LogP contribution in [0.3, 0.4) is 0 Å². The minimum Gasteiger partial charge on any atom is -0.494 e. The molecule has 0 amide bonds. The lowest BCUT2D eigenvalue weighted by Gasteiger charge is -2.12. The summed E-state index contributed by atoms with van der Waals surface area (Å²) in [5.41, 5.74) is 3.19. The minimum atomic E-state index is 0.527. The van der Waals surface area contributed by atoms with E-state index in [2.05, 4.69) is 83.9 Å². The summed E-state index contributed by atoms with van der Waals surface area (Å²) in [5, 5.41) is 20.6. The lowest BCUT2D eigenvalue weighted by molar-refractivity contribution is 0.305. The van der Waals surface area contributed by atoms with Crippen LogP contribution in [0.15, 0.2) is 48.5 Å². The Hall–Kier alpha value is -4.94. The molecule has 0 saturated carbocycles. The third-order valence-corrected chi connectivity index (χ3v) is 12.2. The predicted octanol–water partition coefficient (Wildman–Crippen LogP) is 15.4. The van der Waals surface area contributed by atoms with Gasteiger partial charge in [0.15, 0.2) is 0 Å². The molecule has 13 heteroatoms. The fraction of sp³-hybridized carbons (Fsp3) is 0.673. The lowest BCUT2D eigenvalue weighted by Crippen LogP contribution is -2.12. The van der Waals surface area contributed by atoms with E-state index < -0.39 is 0 Å². The first kappa shape index (κ1) is 55.7. The largest absolute Gasteiger partial charge is 0.494 e. The molecule has 0 saturated heterocycles. The van der Waals surface area contributed by atoms with Gasteiger partial charge in [-0.15, -0.1) is 0 Å². The number of nitrogens with one attached hydrogen (secondary N) is 6. The molecule has 378 valence electrons. The number of ether oxygens (including phenoxy) is 1. The molecule has 2 aromatic carbocycles. The van der Waals surface area contributed by atoms with Crippen molar-refractivity contribution in [1.82, 2.24) is 29.9 Å². The van der Waals surface area contributed by atoms with Crippen molar-refractivity contribution in [3.63, 3.8) is 0 Å². The molecule has 0 fully saturated rings. The highest BCUT2D eigenvalue weighted by Gasteiger charge is 2.10. The average Bonchev–Trinajstić information content (AvgIpc) is 3.35. The van der Waals surface area contributed by atoms with Gasteiger partial charge in [-0.25, -0.2) is 0 Å². The van der Waals surface area contributed by atoms with E-state index in [-0.39, 0.29) is 0 Å². The van der Waals surface area contributed by atoms with Crippen LogP contribution in [0, 0.1) is 0 Å². The second-order valence-electron chi connectivity index (χ2n) is 18.5. The second kappa shape index (κ2) is 37.0. The van der Waals surface area contributed by atoms with Crippen molar-refractivity contribution in [3.8, 4) is 5.75 Å². The van der Waals surface area contributed by atoms with Crippen LogP contribution in [0.4, 0.5) is 47.1 Å². The topological polar surface area (TPSA) is 159 Å². The van der Waals surface area contributed by atoms with Crippen molar-refractivity contribution < 1.29 is 4.74 Å². The summed E-state index contributed by atoms with van der Waals surface area (Å²) in [6.07, 6.45) is 34.2. The number of benzene rings is 2. The highest BCUT2D eigenvalue weighted by atomic mass is 16.5. The number of anilines is 8. The van der Waals surface area contributed by atoms with Crippen molar-refractivity contribution in [3.05, 3.63) is 54.1 Å². The van der Waals surface area contributed by atoms with E-state index in [1.165, 1.54) is 134 Å². The molecule has 0 spiro atoms. The summed E-state index contributed by atoms with van der Waals surface area (Å²) in [6, 6.07) is 16.7.